The third-order valence-electron chi connectivity index (χ3n) is 4.37. The Bertz CT molecular complexity index is 825. The molecule has 1 N–H and O–H groups in total. The van der Waals surface area contributed by atoms with E-state index in [-0.39, 0.29) is 30.6 Å². The standard InChI is InChI=1S/C23H29FN2O2/c1-16-7-6-8-19(13-16)14-21(27)26(15-18-9-11-20(24)12-10-18)17(2)22(28)25-23(3,4)5/h6-13,17H,14-15H2,1-5H3,(H,25,28)/t17-/m1/s1. The van der Waals surface area contributed by atoms with Crippen LogP contribution in [-0.4, -0.2) is 28.3 Å². The van der Waals surface area contributed by atoms with Crippen LogP contribution < -0.4 is 5.32 Å². The van der Waals surface area contributed by atoms with Crippen LogP contribution in [0.2, 0.25) is 0 Å². The predicted octanol–water partition coefficient (Wildman–Crippen LogP) is 4.01. The van der Waals surface area contributed by atoms with Gasteiger partial charge in [-0.25, -0.2) is 4.39 Å². The third kappa shape index (κ3) is 6.48. The van der Waals surface area contributed by atoms with Crippen LogP contribution in [0.15, 0.2) is 48.5 Å². The highest BCUT2D eigenvalue weighted by Gasteiger charge is 2.28. The minimum absolute atomic E-state index is 0.147. The van der Waals surface area contributed by atoms with E-state index < -0.39 is 11.6 Å². The number of nitrogens with one attached hydrogen (secondary N) is 1. The Morgan fingerprint density at radius 2 is 1.71 bits per heavy atom. The fraction of sp³-hybridized carbons (Fsp3) is 0.391. The molecule has 2 aromatic carbocycles. The lowest BCUT2D eigenvalue weighted by atomic mass is 10.1. The summed E-state index contributed by atoms with van der Waals surface area (Å²) in [4.78, 5) is 27.3. The van der Waals surface area contributed by atoms with Crippen molar-refractivity contribution in [1.29, 1.82) is 0 Å². The Balaban J connectivity index is 2.24. The molecular weight excluding hydrogens is 355 g/mol. The number of hydrogen-bond donors (Lipinski definition) is 1. The highest BCUT2D eigenvalue weighted by atomic mass is 19.1. The van der Waals surface area contributed by atoms with Gasteiger partial charge in [0.2, 0.25) is 11.8 Å². The van der Waals surface area contributed by atoms with Crippen molar-refractivity contribution in [2.45, 2.75) is 59.2 Å². The molecule has 0 spiro atoms. The molecule has 2 amide bonds. The van der Waals surface area contributed by atoms with Crippen molar-refractivity contribution in [3.05, 3.63) is 71.0 Å². The van der Waals surface area contributed by atoms with Crippen molar-refractivity contribution in [3.8, 4) is 0 Å². The number of aryl methyl sites for hydroxylation is 1. The Labute approximate surface area is 166 Å². The zero-order chi connectivity index (χ0) is 20.9. The van der Waals surface area contributed by atoms with Gasteiger partial charge in [-0.05, 0) is 57.9 Å². The fourth-order valence-corrected chi connectivity index (χ4v) is 2.94. The Hall–Kier alpha value is -2.69. The van der Waals surface area contributed by atoms with Gasteiger partial charge in [-0.15, -0.1) is 0 Å². The van der Waals surface area contributed by atoms with Gasteiger partial charge < -0.3 is 10.2 Å². The molecule has 5 heteroatoms. The molecule has 4 nitrogen and oxygen atoms in total. The van der Waals surface area contributed by atoms with Crippen LogP contribution in [0.25, 0.3) is 0 Å². The van der Waals surface area contributed by atoms with Crippen LogP contribution in [0.3, 0.4) is 0 Å². The van der Waals surface area contributed by atoms with Crippen molar-refractivity contribution in [2.24, 2.45) is 0 Å². The largest absolute Gasteiger partial charge is 0.350 e. The van der Waals surface area contributed by atoms with E-state index in [0.29, 0.717) is 0 Å². The number of benzene rings is 2. The Kier molecular flexibility index (Phi) is 6.95. The van der Waals surface area contributed by atoms with Gasteiger partial charge in [0.1, 0.15) is 11.9 Å². The molecule has 0 saturated carbocycles. The first-order valence-corrected chi connectivity index (χ1v) is 9.46. The van der Waals surface area contributed by atoms with Crippen molar-refractivity contribution < 1.29 is 14.0 Å². The number of carbonyl (C=O) groups excluding carboxylic acids is 2. The average Bonchev–Trinajstić information content (AvgIpc) is 2.59. The summed E-state index contributed by atoms with van der Waals surface area (Å²) in [5.41, 5.74) is 2.35. The molecule has 0 bridgehead atoms. The minimum atomic E-state index is -0.651. The van der Waals surface area contributed by atoms with E-state index >= 15 is 0 Å². The fourth-order valence-electron chi connectivity index (χ4n) is 2.94. The molecule has 0 aliphatic rings. The molecule has 0 heterocycles. The van der Waals surface area contributed by atoms with Crippen LogP contribution in [-0.2, 0) is 22.6 Å². The molecule has 0 aromatic heterocycles. The third-order valence-corrected chi connectivity index (χ3v) is 4.37. The lowest BCUT2D eigenvalue weighted by molar-refractivity contribution is -0.140. The van der Waals surface area contributed by atoms with Crippen molar-refractivity contribution in [3.63, 3.8) is 0 Å². The van der Waals surface area contributed by atoms with Gasteiger partial charge in [-0.2, -0.15) is 0 Å². The Morgan fingerprint density at radius 1 is 1.07 bits per heavy atom. The van der Waals surface area contributed by atoms with Crippen molar-refractivity contribution >= 4 is 11.8 Å². The van der Waals surface area contributed by atoms with Crippen LogP contribution in [0.1, 0.15) is 44.4 Å². The molecule has 2 rings (SSSR count). The van der Waals surface area contributed by atoms with Gasteiger partial charge in [0.15, 0.2) is 0 Å². The SMILES string of the molecule is Cc1cccc(CC(=O)N(Cc2ccc(F)cc2)[C@H](C)C(=O)NC(C)(C)C)c1. The van der Waals surface area contributed by atoms with Gasteiger partial charge in [0.25, 0.3) is 0 Å². The zero-order valence-electron chi connectivity index (χ0n) is 17.3. The lowest BCUT2D eigenvalue weighted by Crippen LogP contribution is -2.52. The molecule has 0 fully saturated rings. The number of carbonyl (C=O) groups is 2. The van der Waals surface area contributed by atoms with E-state index in [1.165, 1.54) is 12.1 Å². The van der Waals surface area contributed by atoms with E-state index in [9.17, 15) is 14.0 Å². The summed E-state index contributed by atoms with van der Waals surface area (Å²) in [5, 5.41) is 2.93. The average molecular weight is 384 g/mol. The van der Waals surface area contributed by atoms with Gasteiger partial charge in [0.05, 0.1) is 6.42 Å². The number of hydrogen-bond acceptors (Lipinski definition) is 2. The lowest BCUT2D eigenvalue weighted by Gasteiger charge is -2.31. The topological polar surface area (TPSA) is 49.4 Å². The zero-order valence-corrected chi connectivity index (χ0v) is 17.3. The van der Waals surface area contributed by atoms with E-state index in [0.717, 1.165) is 16.7 Å². The second kappa shape index (κ2) is 9.00. The van der Waals surface area contributed by atoms with E-state index in [4.69, 9.17) is 0 Å². The smallest absolute Gasteiger partial charge is 0.242 e. The summed E-state index contributed by atoms with van der Waals surface area (Å²) in [6, 6.07) is 13.1. The van der Waals surface area contributed by atoms with Gasteiger partial charge >= 0.3 is 0 Å². The first kappa shape index (κ1) is 21.6. The number of rotatable bonds is 6. The van der Waals surface area contributed by atoms with Crippen LogP contribution in [0, 0.1) is 12.7 Å². The molecule has 0 unspecified atom stereocenters. The van der Waals surface area contributed by atoms with Crippen LogP contribution in [0.4, 0.5) is 4.39 Å². The van der Waals surface area contributed by atoms with Crippen molar-refractivity contribution in [2.75, 3.05) is 0 Å². The molecule has 0 radical (unpaired) electrons. The summed E-state index contributed by atoms with van der Waals surface area (Å²) >= 11 is 0. The highest BCUT2D eigenvalue weighted by Crippen LogP contribution is 2.14. The van der Waals surface area contributed by atoms with Crippen molar-refractivity contribution in [1.82, 2.24) is 10.2 Å². The molecule has 0 saturated heterocycles. The predicted molar refractivity (Wildman–Crippen MR) is 109 cm³/mol. The maximum absolute atomic E-state index is 13.2. The van der Waals surface area contributed by atoms with Gasteiger partial charge in [-0.3, -0.25) is 9.59 Å². The van der Waals surface area contributed by atoms with Crippen LogP contribution in [0.5, 0.6) is 0 Å². The molecule has 1 atom stereocenters. The first-order valence-electron chi connectivity index (χ1n) is 9.46. The number of nitrogens with zero attached hydrogens (tertiary/aromatic N) is 1. The van der Waals surface area contributed by atoms with E-state index in [1.54, 1.807) is 24.0 Å². The highest BCUT2D eigenvalue weighted by molar-refractivity contribution is 5.88. The van der Waals surface area contributed by atoms with Gasteiger partial charge in [-0.1, -0.05) is 42.0 Å². The molecule has 150 valence electrons. The first-order chi connectivity index (χ1) is 13.0. The quantitative estimate of drug-likeness (QED) is 0.818. The maximum atomic E-state index is 13.2. The normalized spacial score (nSPS) is 12.4. The summed E-state index contributed by atoms with van der Waals surface area (Å²) in [7, 11) is 0. The minimum Gasteiger partial charge on any atom is -0.350 e. The molecule has 0 aliphatic carbocycles. The molecule has 2 aromatic rings. The summed E-state index contributed by atoms with van der Waals surface area (Å²) < 4.78 is 13.2. The number of amides is 2. The van der Waals surface area contributed by atoms with E-state index in [2.05, 4.69) is 5.32 Å². The molecule has 0 aliphatic heterocycles. The molecular formula is C23H29FN2O2. The second-order valence-corrected chi connectivity index (χ2v) is 8.23. The summed E-state index contributed by atoms with van der Waals surface area (Å²) in [6.45, 7) is 9.63. The Morgan fingerprint density at radius 3 is 2.29 bits per heavy atom. The van der Waals surface area contributed by atoms with E-state index in [1.807, 2.05) is 52.0 Å². The monoisotopic (exact) mass is 384 g/mol. The number of halogens is 1. The summed E-state index contributed by atoms with van der Waals surface area (Å²) in [6.07, 6.45) is 0.204. The van der Waals surface area contributed by atoms with Crippen LogP contribution >= 0.6 is 0 Å². The maximum Gasteiger partial charge on any atom is 0.242 e. The summed E-state index contributed by atoms with van der Waals surface area (Å²) in [5.74, 6) is -0.696. The second-order valence-electron chi connectivity index (χ2n) is 8.23. The van der Waals surface area contributed by atoms with Gasteiger partial charge in [0, 0.05) is 12.1 Å². The molecule has 28 heavy (non-hydrogen) atoms.